The summed E-state index contributed by atoms with van der Waals surface area (Å²) >= 11 is 0. The average Bonchev–Trinajstić information content (AvgIpc) is 3.31. The van der Waals surface area contributed by atoms with E-state index < -0.39 is 0 Å². The minimum absolute atomic E-state index is 0.660. The van der Waals surface area contributed by atoms with Crippen LogP contribution < -0.4 is 15.3 Å². The van der Waals surface area contributed by atoms with Crippen molar-refractivity contribution >= 4 is 17.3 Å². The fourth-order valence-electron chi connectivity index (χ4n) is 3.71. The topological polar surface area (TPSA) is 78.2 Å². The van der Waals surface area contributed by atoms with Crippen LogP contribution in [0.15, 0.2) is 43.3 Å². The van der Waals surface area contributed by atoms with E-state index in [2.05, 4.69) is 56.2 Å². The van der Waals surface area contributed by atoms with Crippen LogP contribution in [0.3, 0.4) is 0 Å². The van der Waals surface area contributed by atoms with E-state index in [0.717, 1.165) is 42.7 Å². The molecule has 9 nitrogen and oxygen atoms in total. The standard InChI is InChI=1S/C18H25N9/c1-14-16(26-8-6-21-23-26)10-22-27(14)18-9-17(19-13-20-18)25-7-4-5-15(12-25)11-24(2)3/h6,8-10,13,15,22H,1,4-5,7,11-12H2,2-3H3. The van der Waals surface area contributed by atoms with Gasteiger partial charge in [-0.3, -0.25) is 5.43 Å². The van der Waals surface area contributed by atoms with Crippen molar-refractivity contribution in [3.63, 3.8) is 0 Å². The first-order valence-electron chi connectivity index (χ1n) is 9.16. The Kier molecular flexibility index (Phi) is 4.76. The van der Waals surface area contributed by atoms with Crippen molar-refractivity contribution in [2.75, 3.05) is 43.6 Å². The van der Waals surface area contributed by atoms with E-state index in [-0.39, 0.29) is 0 Å². The Bertz CT molecular complexity index is 827. The molecule has 1 fully saturated rings. The molecule has 0 aromatic carbocycles. The Labute approximate surface area is 159 Å². The lowest BCUT2D eigenvalue weighted by molar-refractivity contribution is 0.291. The summed E-state index contributed by atoms with van der Waals surface area (Å²) < 4.78 is 1.67. The van der Waals surface area contributed by atoms with E-state index in [9.17, 15) is 0 Å². The summed E-state index contributed by atoms with van der Waals surface area (Å²) in [6.45, 7) is 7.31. The minimum atomic E-state index is 0.660. The molecule has 0 aliphatic carbocycles. The Morgan fingerprint density at radius 3 is 2.93 bits per heavy atom. The molecule has 1 unspecified atom stereocenters. The molecule has 0 amide bonds. The zero-order chi connectivity index (χ0) is 18.8. The predicted molar refractivity (Wildman–Crippen MR) is 105 cm³/mol. The number of piperidine rings is 1. The highest BCUT2D eigenvalue weighted by atomic mass is 15.6. The number of hydrogen-bond donors (Lipinski definition) is 1. The van der Waals surface area contributed by atoms with E-state index >= 15 is 0 Å². The Balaban J connectivity index is 1.49. The van der Waals surface area contributed by atoms with Crippen LogP contribution in [0, 0.1) is 5.92 Å². The third-order valence-electron chi connectivity index (χ3n) is 4.90. The zero-order valence-electron chi connectivity index (χ0n) is 15.8. The quantitative estimate of drug-likeness (QED) is 0.844. The maximum absolute atomic E-state index is 4.51. The van der Waals surface area contributed by atoms with Crippen molar-refractivity contribution in [3.8, 4) is 0 Å². The Hall–Kier alpha value is -2.94. The second kappa shape index (κ2) is 7.36. The molecular weight excluding hydrogens is 342 g/mol. The molecule has 2 aromatic rings. The summed E-state index contributed by atoms with van der Waals surface area (Å²) in [5.74, 6) is 2.37. The van der Waals surface area contributed by atoms with Gasteiger partial charge in [-0.05, 0) is 32.9 Å². The molecule has 4 rings (SSSR count). The predicted octanol–water partition coefficient (Wildman–Crippen LogP) is 1.18. The third kappa shape index (κ3) is 3.63. The molecule has 1 atom stereocenters. The molecule has 2 aromatic heterocycles. The first-order chi connectivity index (χ1) is 13.1. The number of nitrogens with one attached hydrogen (secondary N) is 1. The molecule has 142 valence electrons. The van der Waals surface area contributed by atoms with Crippen molar-refractivity contribution < 1.29 is 0 Å². The van der Waals surface area contributed by atoms with Crippen LogP contribution in [-0.2, 0) is 0 Å². The highest BCUT2D eigenvalue weighted by Crippen LogP contribution is 2.29. The van der Waals surface area contributed by atoms with Gasteiger partial charge in [-0.2, -0.15) is 0 Å². The second-order valence-electron chi connectivity index (χ2n) is 7.24. The lowest BCUT2D eigenvalue weighted by atomic mass is 9.97. The molecule has 0 saturated carbocycles. The first kappa shape index (κ1) is 17.5. The van der Waals surface area contributed by atoms with Gasteiger partial charge in [-0.25, -0.2) is 19.7 Å². The van der Waals surface area contributed by atoms with Gasteiger partial charge in [0.1, 0.15) is 17.8 Å². The number of allylic oxidation sites excluding steroid dienone is 1. The molecule has 1 N–H and O–H groups in total. The second-order valence-corrected chi connectivity index (χ2v) is 7.24. The number of hydrogen-bond acceptors (Lipinski definition) is 8. The fraction of sp³-hybridized carbons (Fsp3) is 0.444. The van der Waals surface area contributed by atoms with Gasteiger partial charge in [0.15, 0.2) is 5.82 Å². The van der Waals surface area contributed by atoms with Gasteiger partial charge in [-0.15, -0.1) is 5.10 Å². The van der Waals surface area contributed by atoms with Gasteiger partial charge < -0.3 is 9.80 Å². The van der Waals surface area contributed by atoms with Crippen LogP contribution in [0.1, 0.15) is 12.8 Å². The molecule has 2 aliphatic rings. The Morgan fingerprint density at radius 2 is 2.15 bits per heavy atom. The number of nitrogens with zero attached hydrogens (tertiary/aromatic N) is 8. The molecule has 4 heterocycles. The molecule has 1 saturated heterocycles. The largest absolute Gasteiger partial charge is 0.356 e. The van der Waals surface area contributed by atoms with Gasteiger partial charge in [0.25, 0.3) is 0 Å². The maximum atomic E-state index is 4.51. The molecular formula is C18H25N9. The molecule has 0 bridgehead atoms. The lowest BCUT2D eigenvalue weighted by Gasteiger charge is -2.35. The average molecular weight is 367 g/mol. The highest BCUT2D eigenvalue weighted by Gasteiger charge is 2.25. The summed E-state index contributed by atoms with van der Waals surface area (Å²) in [4.78, 5) is 13.6. The highest BCUT2D eigenvalue weighted by molar-refractivity contribution is 5.73. The van der Waals surface area contributed by atoms with Crippen LogP contribution in [0.25, 0.3) is 5.70 Å². The summed E-state index contributed by atoms with van der Waals surface area (Å²) in [5, 5.41) is 9.71. The molecule has 2 aliphatic heterocycles. The monoisotopic (exact) mass is 367 g/mol. The van der Waals surface area contributed by atoms with Crippen molar-refractivity contribution in [1.82, 2.24) is 35.3 Å². The zero-order valence-corrected chi connectivity index (χ0v) is 15.8. The maximum Gasteiger partial charge on any atom is 0.157 e. The van der Waals surface area contributed by atoms with Crippen molar-refractivity contribution in [2.45, 2.75) is 12.8 Å². The van der Waals surface area contributed by atoms with Crippen LogP contribution in [0.5, 0.6) is 0 Å². The summed E-state index contributed by atoms with van der Waals surface area (Å²) in [6.07, 6.45) is 9.33. The summed E-state index contributed by atoms with van der Waals surface area (Å²) in [7, 11) is 4.26. The SMILES string of the molecule is C=C1C(n2ccnn2)=CNN1c1cc(N2CCCC(CN(C)C)C2)ncn1. The third-order valence-corrected chi connectivity index (χ3v) is 4.90. The van der Waals surface area contributed by atoms with Crippen molar-refractivity contribution in [1.29, 1.82) is 0 Å². The van der Waals surface area contributed by atoms with Crippen LogP contribution >= 0.6 is 0 Å². The number of aromatic nitrogens is 5. The van der Waals surface area contributed by atoms with E-state index in [1.54, 1.807) is 23.4 Å². The molecule has 27 heavy (non-hydrogen) atoms. The first-order valence-corrected chi connectivity index (χ1v) is 9.16. The number of hydrazine groups is 1. The van der Waals surface area contributed by atoms with Gasteiger partial charge >= 0.3 is 0 Å². The Morgan fingerprint density at radius 1 is 1.30 bits per heavy atom. The van der Waals surface area contributed by atoms with Crippen LogP contribution in [0.2, 0.25) is 0 Å². The number of rotatable bonds is 5. The summed E-state index contributed by atoms with van der Waals surface area (Å²) in [5.41, 5.74) is 4.78. The van der Waals surface area contributed by atoms with Gasteiger partial charge in [0.05, 0.1) is 18.1 Å². The summed E-state index contributed by atoms with van der Waals surface area (Å²) in [6, 6.07) is 2.01. The lowest BCUT2D eigenvalue weighted by Crippen LogP contribution is -2.40. The smallest absolute Gasteiger partial charge is 0.157 e. The van der Waals surface area contributed by atoms with Crippen molar-refractivity contribution in [3.05, 3.63) is 43.3 Å². The molecule has 9 heteroatoms. The minimum Gasteiger partial charge on any atom is -0.356 e. The molecule has 0 radical (unpaired) electrons. The van der Waals surface area contributed by atoms with E-state index in [1.165, 1.54) is 12.8 Å². The van der Waals surface area contributed by atoms with E-state index in [0.29, 0.717) is 5.92 Å². The van der Waals surface area contributed by atoms with Crippen molar-refractivity contribution in [2.24, 2.45) is 5.92 Å². The fourth-order valence-corrected chi connectivity index (χ4v) is 3.71. The number of anilines is 2. The van der Waals surface area contributed by atoms with Gasteiger partial charge in [0, 0.05) is 31.9 Å². The van der Waals surface area contributed by atoms with Crippen LogP contribution in [-0.4, -0.2) is 63.6 Å². The molecule has 0 spiro atoms. The van der Waals surface area contributed by atoms with Gasteiger partial charge in [-0.1, -0.05) is 11.8 Å². The van der Waals surface area contributed by atoms with Gasteiger partial charge in [0.2, 0.25) is 0 Å². The normalized spacial score (nSPS) is 20.2. The van der Waals surface area contributed by atoms with Crippen LogP contribution in [0.4, 0.5) is 11.6 Å². The van der Waals surface area contributed by atoms with E-state index in [1.807, 2.05) is 17.3 Å². The van der Waals surface area contributed by atoms with E-state index in [4.69, 9.17) is 0 Å².